The van der Waals surface area contributed by atoms with Gasteiger partial charge in [0.05, 0.1) is 11.7 Å². The summed E-state index contributed by atoms with van der Waals surface area (Å²) in [6, 6.07) is 19.4. The fraction of sp³-hybridized carbons (Fsp3) is 0.200. The van der Waals surface area contributed by atoms with Gasteiger partial charge in [-0.3, -0.25) is 0 Å². The molecule has 1 nitrogen and oxygen atoms in total. The molecule has 1 heterocycles. The van der Waals surface area contributed by atoms with Crippen molar-refractivity contribution in [3.63, 3.8) is 0 Å². The van der Waals surface area contributed by atoms with Crippen LogP contribution in [0.15, 0.2) is 72.2 Å². The number of hydrogen-bond acceptors (Lipinski definition) is 1. The molecule has 1 unspecified atom stereocenters. The first-order valence-electron chi connectivity index (χ1n) is 7.62. The van der Waals surface area contributed by atoms with E-state index in [-0.39, 0.29) is 5.92 Å². The van der Waals surface area contributed by atoms with E-state index < -0.39 is 0 Å². The Morgan fingerprint density at radius 1 is 1.00 bits per heavy atom. The van der Waals surface area contributed by atoms with Crippen molar-refractivity contribution in [1.29, 1.82) is 0 Å². The van der Waals surface area contributed by atoms with Gasteiger partial charge >= 0.3 is 0 Å². The summed E-state index contributed by atoms with van der Waals surface area (Å²) < 4.78 is 6.25. The highest BCUT2D eigenvalue weighted by atomic mass is 16.5. The van der Waals surface area contributed by atoms with Crippen LogP contribution in [0.2, 0.25) is 0 Å². The number of ether oxygens (including phenoxy) is 1. The van der Waals surface area contributed by atoms with Crippen LogP contribution in [0.5, 0.6) is 0 Å². The molecule has 104 valence electrons. The molecule has 21 heavy (non-hydrogen) atoms. The smallest absolute Gasteiger partial charge is 0.120 e. The highest BCUT2D eigenvalue weighted by Crippen LogP contribution is 2.49. The SMILES string of the molecule is CCC1=CCC2=C(O1)C(c1ccccc1)c1ccccc12. The van der Waals surface area contributed by atoms with E-state index >= 15 is 0 Å². The van der Waals surface area contributed by atoms with Crippen molar-refractivity contribution in [3.8, 4) is 0 Å². The van der Waals surface area contributed by atoms with Crippen molar-refractivity contribution in [1.82, 2.24) is 0 Å². The number of hydrogen-bond donors (Lipinski definition) is 0. The molecular weight excluding hydrogens is 256 g/mol. The Bertz CT molecular complexity index is 737. The summed E-state index contributed by atoms with van der Waals surface area (Å²) in [5.74, 6) is 2.48. The summed E-state index contributed by atoms with van der Waals surface area (Å²) in [6.07, 6.45) is 4.16. The van der Waals surface area contributed by atoms with E-state index in [9.17, 15) is 0 Å². The Labute approximate surface area is 125 Å². The molecule has 0 bridgehead atoms. The van der Waals surface area contributed by atoms with Gasteiger partial charge in [0.1, 0.15) is 5.76 Å². The Morgan fingerprint density at radius 3 is 2.57 bits per heavy atom. The molecule has 0 aromatic heterocycles. The Balaban J connectivity index is 1.87. The van der Waals surface area contributed by atoms with Gasteiger partial charge in [-0.2, -0.15) is 0 Å². The minimum absolute atomic E-state index is 0.243. The molecule has 0 fully saturated rings. The first kappa shape index (κ1) is 12.5. The van der Waals surface area contributed by atoms with E-state index in [0.717, 1.165) is 24.4 Å². The zero-order chi connectivity index (χ0) is 14.2. The molecule has 0 saturated heterocycles. The number of benzene rings is 2. The second-order valence-corrected chi connectivity index (χ2v) is 5.60. The van der Waals surface area contributed by atoms with Crippen LogP contribution in [-0.4, -0.2) is 0 Å². The molecule has 2 aromatic rings. The van der Waals surface area contributed by atoms with E-state index in [2.05, 4.69) is 67.6 Å². The second kappa shape index (κ2) is 4.92. The molecule has 1 heteroatoms. The Hall–Kier alpha value is -2.28. The van der Waals surface area contributed by atoms with Crippen LogP contribution in [-0.2, 0) is 4.74 Å². The predicted molar refractivity (Wildman–Crippen MR) is 85.7 cm³/mol. The van der Waals surface area contributed by atoms with Gasteiger partial charge in [-0.25, -0.2) is 0 Å². The van der Waals surface area contributed by atoms with E-state index in [1.165, 1.54) is 22.3 Å². The lowest BCUT2D eigenvalue weighted by molar-refractivity contribution is 0.274. The zero-order valence-electron chi connectivity index (χ0n) is 12.2. The average molecular weight is 274 g/mol. The predicted octanol–water partition coefficient (Wildman–Crippen LogP) is 5.26. The maximum Gasteiger partial charge on any atom is 0.120 e. The number of rotatable bonds is 2. The lowest BCUT2D eigenvalue weighted by Crippen LogP contribution is -2.06. The molecule has 0 radical (unpaired) electrons. The second-order valence-electron chi connectivity index (χ2n) is 5.60. The van der Waals surface area contributed by atoms with E-state index in [0.29, 0.717) is 0 Å². The maximum absolute atomic E-state index is 6.25. The van der Waals surface area contributed by atoms with Gasteiger partial charge in [0, 0.05) is 12.0 Å². The third kappa shape index (κ3) is 1.92. The normalized spacial score (nSPS) is 19.7. The molecule has 0 amide bonds. The first-order chi connectivity index (χ1) is 10.4. The minimum Gasteiger partial charge on any atom is -0.465 e. The molecule has 0 spiro atoms. The summed E-state index contributed by atoms with van der Waals surface area (Å²) in [6.45, 7) is 2.15. The minimum atomic E-state index is 0.243. The van der Waals surface area contributed by atoms with Crippen LogP contribution in [0.4, 0.5) is 0 Å². The lowest BCUT2D eigenvalue weighted by Gasteiger charge is -2.22. The quantitative estimate of drug-likeness (QED) is 0.726. The van der Waals surface area contributed by atoms with Gasteiger partial charge in [0.25, 0.3) is 0 Å². The maximum atomic E-state index is 6.25. The fourth-order valence-corrected chi connectivity index (χ4v) is 3.39. The molecule has 2 aliphatic rings. The van der Waals surface area contributed by atoms with Crippen molar-refractivity contribution in [2.75, 3.05) is 0 Å². The van der Waals surface area contributed by atoms with E-state index in [1.54, 1.807) is 0 Å². The summed E-state index contributed by atoms with van der Waals surface area (Å²) >= 11 is 0. The third-order valence-corrected chi connectivity index (χ3v) is 4.41. The number of allylic oxidation sites excluding steroid dienone is 4. The summed E-state index contributed by atoms with van der Waals surface area (Å²) in [4.78, 5) is 0. The van der Waals surface area contributed by atoms with Crippen molar-refractivity contribution < 1.29 is 4.74 Å². The van der Waals surface area contributed by atoms with Crippen molar-refractivity contribution >= 4 is 5.57 Å². The van der Waals surface area contributed by atoms with Crippen molar-refractivity contribution in [2.24, 2.45) is 0 Å². The molecule has 2 aromatic carbocycles. The van der Waals surface area contributed by atoms with Crippen LogP contribution in [0.25, 0.3) is 5.57 Å². The monoisotopic (exact) mass is 274 g/mol. The van der Waals surface area contributed by atoms with Gasteiger partial charge in [-0.05, 0) is 29.2 Å². The zero-order valence-corrected chi connectivity index (χ0v) is 12.2. The van der Waals surface area contributed by atoms with Crippen LogP contribution in [0, 0.1) is 0 Å². The summed E-state index contributed by atoms with van der Waals surface area (Å²) in [7, 11) is 0. The van der Waals surface area contributed by atoms with Crippen LogP contribution in [0.3, 0.4) is 0 Å². The molecule has 1 atom stereocenters. The largest absolute Gasteiger partial charge is 0.465 e. The Kier molecular flexibility index (Phi) is 2.92. The fourth-order valence-electron chi connectivity index (χ4n) is 3.39. The first-order valence-corrected chi connectivity index (χ1v) is 7.62. The standard InChI is InChI=1S/C20H18O/c1-2-15-12-13-18-16-10-6-7-11-17(16)19(20(18)21-15)14-8-4-3-5-9-14/h3-12,19H,2,13H2,1H3. The van der Waals surface area contributed by atoms with Gasteiger partial charge < -0.3 is 4.74 Å². The molecular formula is C20H18O. The topological polar surface area (TPSA) is 9.23 Å². The molecule has 4 rings (SSSR count). The van der Waals surface area contributed by atoms with Gasteiger partial charge in [-0.15, -0.1) is 0 Å². The molecule has 1 aliphatic carbocycles. The van der Waals surface area contributed by atoms with E-state index in [4.69, 9.17) is 4.74 Å². The Morgan fingerprint density at radius 2 is 1.76 bits per heavy atom. The highest BCUT2D eigenvalue weighted by Gasteiger charge is 2.35. The van der Waals surface area contributed by atoms with Gasteiger partial charge in [0.2, 0.25) is 0 Å². The van der Waals surface area contributed by atoms with Crippen LogP contribution in [0.1, 0.15) is 42.4 Å². The average Bonchev–Trinajstić information content (AvgIpc) is 2.89. The highest BCUT2D eigenvalue weighted by molar-refractivity contribution is 5.80. The van der Waals surface area contributed by atoms with Gasteiger partial charge in [0.15, 0.2) is 0 Å². The number of fused-ring (bicyclic) bond motifs is 2. The summed E-state index contributed by atoms with van der Waals surface area (Å²) in [5.41, 5.74) is 5.40. The molecule has 0 N–H and O–H groups in total. The third-order valence-electron chi connectivity index (χ3n) is 4.41. The van der Waals surface area contributed by atoms with Gasteiger partial charge in [-0.1, -0.05) is 61.5 Å². The van der Waals surface area contributed by atoms with Crippen LogP contribution < -0.4 is 0 Å². The molecule has 1 aliphatic heterocycles. The lowest BCUT2D eigenvalue weighted by atomic mass is 9.92. The van der Waals surface area contributed by atoms with Crippen molar-refractivity contribution in [2.45, 2.75) is 25.7 Å². The van der Waals surface area contributed by atoms with Crippen LogP contribution >= 0.6 is 0 Å². The summed E-state index contributed by atoms with van der Waals surface area (Å²) in [5, 5.41) is 0. The molecule has 0 saturated carbocycles. The van der Waals surface area contributed by atoms with E-state index in [1.807, 2.05) is 0 Å². The van der Waals surface area contributed by atoms with Crippen molar-refractivity contribution in [3.05, 3.63) is 88.9 Å².